The zero-order chi connectivity index (χ0) is 11.7. The van der Waals surface area contributed by atoms with E-state index in [1.54, 1.807) is 10.8 Å². The fourth-order valence-corrected chi connectivity index (χ4v) is 3.46. The van der Waals surface area contributed by atoms with Gasteiger partial charge in [-0.2, -0.15) is 0 Å². The zero-order valence-corrected chi connectivity index (χ0v) is 10.1. The van der Waals surface area contributed by atoms with Crippen molar-refractivity contribution < 1.29 is 14.1 Å². The lowest BCUT2D eigenvalue weighted by atomic mass is 10.1. The molecule has 2 rings (SSSR count). The molecular formula is C10H12ClNO3S. The van der Waals surface area contributed by atoms with E-state index in [0.29, 0.717) is 16.5 Å². The van der Waals surface area contributed by atoms with Crippen LogP contribution in [0.4, 0.5) is 0 Å². The standard InChI is InChI=1S/C10H12ClNO3S/c11-7-5-9(10(13)14)12(6-7)8-1-3-16(15)4-2-8/h5-6,8H,1-4H2,(H,13,14). The molecule has 1 aliphatic rings. The highest BCUT2D eigenvalue weighted by molar-refractivity contribution is 7.85. The Balaban J connectivity index is 2.26. The monoisotopic (exact) mass is 261 g/mol. The Morgan fingerprint density at radius 3 is 2.69 bits per heavy atom. The number of nitrogens with zero attached hydrogens (tertiary/aromatic N) is 1. The van der Waals surface area contributed by atoms with Gasteiger partial charge in [-0.3, -0.25) is 4.21 Å². The van der Waals surface area contributed by atoms with Gasteiger partial charge >= 0.3 is 5.97 Å². The van der Waals surface area contributed by atoms with Gasteiger partial charge in [-0.05, 0) is 18.9 Å². The predicted molar refractivity (Wildman–Crippen MR) is 62.5 cm³/mol. The van der Waals surface area contributed by atoms with Crippen molar-refractivity contribution in [2.75, 3.05) is 11.5 Å². The minimum atomic E-state index is -0.974. The van der Waals surface area contributed by atoms with E-state index in [9.17, 15) is 9.00 Å². The Morgan fingerprint density at radius 1 is 1.50 bits per heavy atom. The number of carbonyl (C=O) groups is 1. The van der Waals surface area contributed by atoms with Crippen molar-refractivity contribution in [1.82, 2.24) is 4.57 Å². The summed E-state index contributed by atoms with van der Waals surface area (Å²) in [4.78, 5) is 11.0. The van der Waals surface area contributed by atoms with Crippen LogP contribution in [0.1, 0.15) is 29.4 Å². The summed E-state index contributed by atoms with van der Waals surface area (Å²) in [5.74, 6) is 0.303. The van der Waals surface area contributed by atoms with Crippen LogP contribution in [0.2, 0.25) is 5.02 Å². The van der Waals surface area contributed by atoms with Crippen molar-refractivity contribution in [3.8, 4) is 0 Å². The van der Waals surface area contributed by atoms with Crippen LogP contribution in [0.15, 0.2) is 12.3 Å². The van der Waals surface area contributed by atoms with E-state index in [4.69, 9.17) is 16.7 Å². The van der Waals surface area contributed by atoms with E-state index in [0.717, 1.165) is 12.8 Å². The molecule has 16 heavy (non-hydrogen) atoms. The van der Waals surface area contributed by atoms with Crippen molar-refractivity contribution in [2.24, 2.45) is 0 Å². The third-order valence-electron chi connectivity index (χ3n) is 2.79. The Labute approximate surface area is 101 Å². The van der Waals surface area contributed by atoms with E-state index < -0.39 is 16.8 Å². The van der Waals surface area contributed by atoms with Gasteiger partial charge in [0, 0.05) is 34.5 Å². The smallest absolute Gasteiger partial charge is 0.352 e. The van der Waals surface area contributed by atoms with Crippen LogP contribution in [-0.4, -0.2) is 31.4 Å². The fraction of sp³-hybridized carbons (Fsp3) is 0.500. The normalized spacial score (nSPS) is 25.6. The molecule has 0 spiro atoms. The number of rotatable bonds is 2. The van der Waals surface area contributed by atoms with Gasteiger partial charge in [0.1, 0.15) is 5.69 Å². The van der Waals surface area contributed by atoms with Crippen LogP contribution in [0, 0.1) is 0 Å². The topological polar surface area (TPSA) is 59.3 Å². The molecule has 0 aliphatic carbocycles. The number of hydrogen-bond acceptors (Lipinski definition) is 2. The first-order valence-corrected chi connectivity index (χ1v) is 6.90. The molecule has 4 nitrogen and oxygen atoms in total. The SMILES string of the molecule is O=C(O)c1cc(Cl)cn1C1CCS(=O)CC1. The van der Waals surface area contributed by atoms with Crippen molar-refractivity contribution in [2.45, 2.75) is 18.9 Å². The summed E-state index contributed by atoms with van der Waals surface area (Å²) in [6.07, 6.45) is 3.14. The van der Waals surface area contributed by atoms with Crippen LogP contribution in [-0.2, 0) is 10.8 Å². The van der Waals surface area contributed by atoms with Gasteiger partial charge in [-0.1, -0.05) is 11.6 Å². The molecule has 1 aliphatic heterocycles. The highest BCUT2D eigenvalue weighted by Gasteiger charge is 2.23. The van der Waals surface area contributed by atoms with E-state index in [-0.39, 0.29) is 11.7 Å². The van der Waals surface area contributed by atoms with E-state index in [1.165, 1.54) is 6.07 Å². The predicted octanol–water partition coefficient (Wildman–Crippen LogP) is 1.92. The van der Waals surface area contributed by atoms with Crippen LogP contribution < -0.4 is 0 Å². The lowest BCUT2D eigenvalue weighted by Gasteiger charge is -2.24. The molecule has 0 aromatic carbocycles. The van der Waals surface area contributed by atoms with Crippen LogP contribution >= 0.6 is 11.6 Å². The molecule has 88 valence electrons. The van der Waals surface area contributed by atoms with E-state index >= 15 is 0 Å². The van der Waals surface area contributed by atoms with Gasteiger partial charge in [-0.25, -0.2) is 4.79 Å². The van der Waals surface area contributed by atoms with Crippen molar-refractivity contribution in [1.29, 1.82) is 0 Å². The molecule has 0 amide bonds. The number of aromatic carboxylic acids is 1. The van der Waals surface area contributed by atoms with Crippen molar-refractivity contribution in [3.63, 3.8) is 0 Å². The maximum absolute atomic E-state index is 11.2. The molecule has 0 saturated carbocycles. The van der Waals surface area contributed by atoms with Crippen LogP contribution in [0.25, 0.3) is 0 Å². The third kappa shape index (κ3) is 2.30. The number of aromatic nitrogens is 1. The number of halogens is 1. The van der Waals surface area contributed by atoms with Crippen LogP contribution in [0.5, 0.6) is 0 Å². The summed E-state index contributed by atoms with van der Waals surface area (Å²) in [5, 5.41) is 9.46. The highest BCUT2D eigenvalue weighted by Crippen LogP contribution is 2.27. The number of carboxylic acids is 1. The van der Waals surface area contributed by atoms with Gasteiger partial charge in [0.2, 0.25) is 0 Å². The second kappa shape index (κ2) is 4.59. The first-order valence-electron chi connectivity index (χ1n) is 5.03. The number of hydrogen-bond donors (Lipinski definition) is 1. The summed E-state index contributed by atoms with van der Waals surface area (Å²) < 4.78 is 12.9. The first kappa shape index (κ1) is 11.7. The van der Waals surface area contributed by atoms with Gasteiger partial charge < -0.3 is 9.67 Å². The first-order chi connectivity index (χ1) is 7.58. The Hall–Kier alpha value is -0.810. The van der Waals surface area contributed by atoms with Crippen molar-refractivity contribution in [3.05, 3.63) is 23.0 Å². The average Bonchev–Trinajstić information content (AvgIpc) is 2.61. The Kier molecular flexibility index (Phi) is 3.35. The largest absolute Gasteiger partial charge is 0.477 e. The maximum atomic E-state index is 11.2. The van der Waals surface area contributed by atoms with Gasteiger partial charge in [0.05, 0.1) is 5.02 Å². The molecule has 6 heteroatoms. The van der Waals surface area contributed by atoms with Gasteiger partial charge in [-0.15, -0.1) is 0 Å². The Bertz CT molecular complexity index is 433. The summed E-state index contributed by atoms with van der Waals surface area (Å²) in [7, 11) is -0.739. The molecule has 0 atom stereocenters. The van der Waals surface area contributed by atoms with Crippen molar-refractivity contribution >= 4 is 28.4 Å². The molecule has 2 heterocycles. The van der Waals surface area contributed by atoms with E-state index in [2.05, 4.69) is 0 Å². The molecule has 1 aromatic rings. The molecule has 0 radical (unpaired) electrons. The van der Waals surface area contributed by atoms with Gasteiger partial charge in [0.25, 0.3) is 0 Å². The second-order valence-electron chi connectivity index (χ2n) is 3.84. The third-order valence-corrected chi connectivity index (χ3v) is 4.37. The molecular weight excluding hydrogens is 250 g/mol. The van der Waals surface area contributed by atoms with Gasteiger partial charge in [0.15, 0.2) is 0 Å². The lowest BCUT2D eigenvalue weighted by molar-refractivity contribution is 0.0682. The Morgan fingerprint density at radius 2 is 2.12 bits per heavy atom. The molecule has 1 N–H and O–H groups in total. The summed E-state index contributed by atoms with van der Waals surface area (Å²) in [5.41, 5.74) is 0.211. The summed E-state index contributed by atoms with van der Waals surface area (Å²) >= 11 is 5.81. The fourth-order valence-electron chi connectivity index (χ4n) is 1.98. The lowest BCUT2D eigenvalue weighted by Crippen LogP contribution is -2.23. The second-order valence-corrected chi connectivity index (χ2v) is 5.97. The molecule has 0 bridgehead atoms. The highest BCUT2D eigenvalue weighted by atomic mass is 35.5. The number of carboxylic acid groups (broad SMARTS) is 1. The maximum Gasteiger partial charge on any atom is 0.352 e. The summed E-state index contributed by atoms with van der Waals surface area (Å²) in [6.45, 7) is 0. The minimum Gasteiger partial charge on any atom is -0.477 e. The van der Waals surface area contributed by atoms with E-state index in [1.807, 2.05) is 0 Å². The molecule has 1 aromatic heterocycles. The molecule has 1 saturated heterocycles. The zero-order valence-electron chi connectivity index (χ0n) is 8.56. The molecule has 0 unspecified atom stereocenters. The minimum absolute atomic E-state index is 0.108. The average molecular weight is 262 g/mol. The molecule has 1 fully saturated rings. The van der Waals surface area contributed by atoms with Crippen LogP contribution in [0.3, 0.4) is 0 Å². The quantitative estimate of drug-likeness (QED) is 0.885. The summed E-state index contributed by atoms with van der Waals surface area (Å²) in [6, 6.07) is 1.56.